The summed E-state index contributed by atoms with van der Waals surface area (Å²) in [6.45, 7) is 1.17. The van der Waals surface area contributed by atoms with E-state index in [9.17, 15) is 24.7 Å². The zero-order chi connectivity index (χ0) is 21.2. The van der Waals surface area contributed by atoms with Gasteiger partial charge in [-0.3, -0.25) is 13.8 Å². The van der Waals surface area contributed by atoms with Gasteiger partial charge in [0.2, 0.25) is 5.82 Å². The molecule has 10 nitrogen and oxygen atoms in total. The molecule has 0 aliphatic heterocycles. The van der Waals surface area contributed by atoms with E-state index < -0.39 is 29.6 Å². The second-order valence-electron chi connectivity index (χ2n) is 7.38. The van der Waals surface area contributed by atoms with E-state index in [-0.39, 0.29) is 34.0 Å². The lowest BCUT2D eigenvalue weighted by Crippen LogP contribution is -2.28. The Morgan fingerprint density at radius 2 is 2.17 bits per heavy atom. The van der Waals surface area contributed by atoms with Gasteiger partial charge in [0, 0.05) is 0 Å². The quantitative estimate of drug-likeness (QED) is 0.512. The van der Waals surface area contributed by atoms with Gasteiger partial charge in [0.15, 0.2) is 0 Å². The van der Waals surface area contributed by atoms with Crippen LogP contribution in [0.25, 0.3) is 28.1 Å². The van der Waals surface area contributed by atoms with Gasteiger partial charge in [0.1, 0.15) is 40.6 Å². The normalized spacial score (nSPS) is 16.1. The van der Waals surface area contributed by atoms with Crippen LogP contribution in [-0.4, -0.2) is 40.9 Å². The van der Waals surface area contributed by atoms with Crippen molar-refractivity contribution in [1.29, 1.82) is 5.26 Å². The highest BCUT2D eigenvalue weighted by atomic mass is 19.1. The summed E-state index contributed by atoms with van der Waals surface area (Å²) in [5, 5.41) is 33.2. The lowest BCUT2D eigenvalue weighted by molar-refractivity contribution is 0.108. The van der Waals surface area contributed by atoms with Crippen molar-refractivity contribution in [3.63, 3.8) is 0 Å². The van der Waals surface area contributed by atoms with Crippen molar-refractivity contribution in [1.82, 2.24) is 24.1 Å². The zero-order valence-electron chi connectivity index (χ0n) is 15.7. The SMILES string of the molecule is CC(CO)n1c(=O)c2c(-c3noc(C4(O)CC4)n3)ncn2c2ccc(F)c(C#N)c21. The second kappa shape index (κ2) is 6.19. The fourth-order valence-electron chi connectivity index (χ4n) is 3.56. The standard InChI is InChI=1S/C19H15FN6O4/c1-9(7-27)26-14-10(6-21)11(20)2-3-12(14)25-8-22-13(15(25)17(26)28)16-23-18(30-24-16)19(29)4-5-19/h2-3,8-9,27,29H,4-5,7H2,1H3. The van der Waals surface area contributed by atoms with E-state index in [0.29, 0.717) is 18.4 Å². The average molecular weight is 410 g/mol. The Labute approximate surface area is 167 Å². The van der Waals surface area contributed by atoms with Crippen LogP contribution in [0, 0.1) is 17.1 Å². The molecule has 152 valence electrons. The maximum Gasteiger partial charge on any atom is 0.278 e. The molecule has 1 aromatic carbocycles. The molecule has 3 heterocycles. The van der Waals surface area contributed by atoms with Gasteiger partial charge >= 0.3 is 0 Å². The number of fused-ring (bicyclic) bond motifs is 3. The molecule has 11 heteroatoms. The Morgan fingerprint density at radius 3 is 2.83 bits per heavy atom. The van der Waals surface area contributed by atoms with Crippen molar-refractivity contribution in [3.8, 4) is 17.6 Å². The summed E-state index contributed by atoms with van der Waals surface area (Å²) in [5.41, 5.74) is -1.45. The van der Waals surface area contributed by atoms with E-state index in [0.717, 1.165) is 6.07 Å². The third kappa shape index (κ3) is 2.41. The molecular weight excluding hydrogens is 395 g/mol. The average Bonchev–Trinajstić information content (AvgIpc) is 3.14. The number of hydrogen-bond donors (Lipinski definition) is 2. The van der Waals surface area contributed by atoms with Gasteiger partial charge in [-0.15, -0.1) is 0 Å². The maximum absolute atomic E-state index is 14.3. The minimum absolute atomic E-state index is 0.0232. The minimum atomic E-state index is -1.14. The Morgan fingerprint density at radius 1 is 1.40 bits per heavy atom. The van der Waals surface area contributed by atoms with Gasteiger partial charge in [-0.2, -0.15) is 10.2 Å². The Kier molecular flexibility index (Phi) is 3.80. The molecule has 30 heavy (non-hydrogen) atoms. The molecule has 5 rings (SSSR count). The number of aliphatic hydroxyl groups excluding tert-OH is 1. The highest BCUT2D eigenvalue weighted by molar-refractivity contribution is 5.87. The van der Waals surface area contributed by atoms with Crippen LogP contribution in [0.1, 0.15) is 37.3 Å². The zero-order valence-corrected chi connectivity index (χ0v) is 15.7. The predicted octanol–water partition coefficient (Wildman–Crippen LogP) is 1.24. The lowest BCUT2D eigenvalue weighted by Gasteiger charge is -2.18. The van der Waals surface area contributed by atoms with Crippen LogP contribution in [-0.2, 0) is 5.60 Å². The van der Waals surface area contributed by atoms with Crippen LogP contribution in [0.2, 0.25) is 0 Å². The van der Waals surface area contributed by atoms with Crippen LogP contribution in [0.15, 0.2) is 27.8 Å². The van der Waals surface area contributed by atoms with E-state index in [1.165, 1.54) is 21.4 Å². The van der Waals surface area contributed by atoms with Gasteiger partial charge in [-0.1, -0.05) is 5.16 Å². The number of aliphatic hydroxyl groups is 2. The van der Waals surface area contributed by atoms with Crippen molar-refractivity contribution in [2.45, 2.75) is 31.4 Å². The largest absolute Gasteiger partial charge is 0.394 e. The van der Waals surface area contributed by atoms with Crippen LogP contribution in [0.4, 0.5) is 4.39 Å². The van der Waals surface area contributed by atoms with Crippen molar-refractivity contribution >= 4 is 16.6 Å². The molecule has 1 aliphatic rings. The van der Waals surface area contributed by atoms with E-state index in [1.54, 1.807) is 13.0 Å². The molecule has 1 aliphatic carbocycles. The Hall–Kier alpha value is -3.62. The molecule has 0 spiro atoms. The molecule has 2 N–H and O–H groups in total. The highest BCUT2D eigenvalue weighted by Crippen LogP contribution is 2.44. The van der Waals surface area contributed by atoms with Gasteiger partial charge in [-0.05, 0) is 31.9 Å². The Balaban J connectivity index is 1.88. The molecule has 1 atom stereocenters. The molecule has 3 aromatic heterocycles. The number of rotatable bonds is 4. The molecule has 0 radical (unpaired) electrons. The first-order chi connectivity index (χ1) is 14.4. The molecular formula is C19H15FN6O4. The van der Waals surface area contributed by atoms with Gasteiger partial charge in [0.25, 0.3) is 11.4 Å². The topological polar surface area (TPSA) is 142 Å². The molecule has 0 amide bonds. The van der Waals surface area contributed by atoms with E-state index in [1.807, 2.05) is 0 Å². The van der Waals surface area contributed by atoms with Crippen LogP contribution in [0.5, 0.6) is 0 Å². The smallest absolute Gasteiger partial charge is 0.278 e. The number of nitrogens with zero attached hydrogens (tertiary/aromatic N) is 6. The maximum atomic E-state index is 14.3. The van der Waals surface area contributed by atoms with Crippen LogP contribution >= 0.6 is 0 Å². The Bertz CT molecular complexity index is 1430. The summed E-state index contributed by atoms with van der Waals surface area (Å²) < 4.78 is 22.0. The molecule has 1 unspecified atom stereocenters. The molecule has 0 bridgehead atoms. The van der Waals surface area contributed by atoms with Crippen molar-refractivity contribution in [2.75, 3.05) is 6.61 Å². The first kappa shape index (κ1) is 18.4. The summed E-state index contributed by atoms with van der Waals surface area (Å²) >= 11 is 0. The van der Waals surface area contributed by atoms with Crippen molar-refractivity contribution in [3.05, 3.63) is 46.1 Å². The summed E-state index contributed by atoms with van der Waals surface area (Å²) in [7, 11) is 0. The number of aromatic nitrogens is 5. The summed E-state index contributed by atoms with van der Waals surface area (Å²) in [4.78, 5) is 21.8. The monoisotopic (exact) mass is 410 g/mol. The summed E-state index contributed by atoms with van der Waals surface area (Å²) in [6.07, 6.45) is 2.36. The second-order valence-corrected chi connectivity index (χ2v) is 7.38. The summed E-state index contributed by atoms with van der Waals surface area (Å²) in [5.74, 6) is -0.698. The first-order valence-corrected chi connectivity index (χ1v) is 9.21. The first-order valence-electron chi connectivity index (χ1n) is 9.21. The third-order valence-corrected chi connectivity index (χ3v) is 5.37. The fourth-order valence-corrected chi connectivity index (χ4v) is 3.56. The van der Waals surface area contributed by atoms with Crippen molar-refractivity contribution < 1.29 is 19.1 Å². The van der Waals surface area contributed by atoms with Crippen molar-refractivity contribution in [2.24, 2.45) is 0 Å². The molecule has 0 saturated heterocycles. The molecule has 1 saturated carbocycles. The minimum Gasteiger partial charge on any atom is -0.394 e. The van der Waals surface area contributed by atoms with Crippen LogP contribution < -0.4 is 5.56 Å². The number of imidazole rings is 1. The lowest BCUT2D eigenvalue weighted by atomic mass is 10.1. The van der Waals surface area contributed by atoms with Crippen LogP contribution in [0.3, 0.4) is 0 Å². The number of benzene rings is 1. The molecule has 4 aromatic rings. The van der Waals surface area contributed by atoms with Gasteiger partial charge in [-0.25, -0.2) is 9.37 Å². The van der Waals surface area contributed by atoms with E-state index in [2.05, 4.69) is 15.1 Å². The number of halogens is 1. The van der Waals surface area contributed by atoms with Gasteiger partial charge < -0.3 is 14.7 Å². The van der Waals surface area contributed by atoms with E-state index >= 15 is 0 Å². The molecule has 1 fully saturated rings. The highest BCUT2D eigenvalue weighted by Gasteiger charge is 2.48. The summed E-state index contributed by atoms with van der Waals surface area (Å²) in [6, 6.07) is 3.62. The number of hydrogen-bond acceptors (Lipinski definition) is 8. The number of nitriles is 1. The predicted molar refractivity (Wildman–Crippen MR) is 99.9 cm³/mol. The third-order valence-electron chi connectivity index (χ3n) is 5.37. The van der Waals surface area contributed by atoms with Gasteiger partial charge in [0.05, 0.1) is 23.7 Å². The fraction of sp³-hybridized carbons (Fsp3) is 0.316. The van der Waals surface area contributed by atoms with E-state index in [4.69, 9.17) is 4.52 Å².